The Morgan fingerprint density at radius 2 is 1.68 bits per heavy atom. The quantitative estimate of drug-likeness (QED) is 0.604. The van der Waals surface area contributed by atoms with E-state index < -0.39 is 11.7 Å². The first-order chi connectivity index (χ1) is 8.81. The van der Waals surface area contributed by atoms with Gasteiger partial charge in [-0.15, -0.1) is 0 Å². The van der Waals surface area contributed by atoms with E-state index in [9.17, 15) is 9.59 Å². The van der Waals surface area contributed by atoms with E-state index >= 15 is 0 Å². The SMILES string of the molecule is COC(=O)C1CCC(NNC(=O)OC(C)(C)C)CC1. The third kappa shape index (κ3) is 5.92. The molecule has 0 heterocycles. The van der Waals surface area contributed by atoms with Crippen molar-refractivity contribution in [2.24, 2.45) is 5.92 Å². The average molecular weight is 272 g/mol. The highest BCUT2D eigenvalue weighted by Crippen LogP contribution is 2.24. The highest BCUT2D eigenvalue weighted by Gasteiger charge is 2.27. The van der Waals surface area contributed by atoms with Crippen LogP contribution < -0.4 is 10.9 Å². The summed E-state index contributed by atoms with van der Waals surface area (Å²) in [5, 5.41) is 0. The van der Waals surface area contributed by atoms with Crippen LogP contribution in [0.5, 0.6) is 0 Å². The standard InChI is InChI=1S/C13H24N2O4/c1-13(2,3)19-12(17)15-14-10-7-5-9(6-8-10)11(16)18-4/h9-10,14H,5-8H2,1-4H3,(H,15,17). The zero-order valence-corrected chi connectivity index (χ0v) is 12.1. The Morgan fingerprint density at radius 3 is 2.16 bits per heavy atom. The van der Waals surface area contributed by atoms with Crippen molar-refractivity contribution in [3.05, 3.63) is 0 Å². The molecule has 110 valence electrons. The Morgan fingerprint density at radius 1 is 1.11 bits per heavy atom. The van der Waals surface area contributed by atoms with Crippen molar-refractivity contribution in [2.75, 3.05) is 7.11 Å². The van der Waals surface area contributed by atoms with Gasteiger partial charge in [-0.05, 0) is 46.5 Å². The molecule has 1 amide bonds. The van der Waals surface area contributed by atoms with Gasteiger partial charge in [0.2, 0.25) is 0 Å². The molecule has 0 atom stereocenters. The van der Waals surface area contributed by atoms with E-state index in [4.69, 9.17) is 9.47 Å². The highest BCUT2D eigenvalue weighted by molar-refractivity contribution is 5.72. The fraction of sp³-hybridized carbons (Fsp3) is 0.846. The predicted octanol–water partition coefficient (Wildman–Crippen LogP) is 1.75. The van der Waals surface area contributed by atoms with Crippen LogP contribution in [-0.2, 0) is 14.3 Å². The zero-order valence-electron chi connectivity index (χ0n) is 12.1. The maximum absolute atomic E-state index is 11.5. The Labute approximate surface area is 114 Å². The summed E-state index contributed by atoms with van der Waals surface area (Å²) in [5.74, 6) is -0.150. The van der Waals surface area contributed by atoms with Gasteiger partial charge in [-0.3, -0.25) is 10.2 Å². The Bertz CT molecular complexity index is 317. The van der Waals surface area contributed by atoms with Crippen LogP contribution in [-0.4, -0.2) is 30.8 Å². The summed E-state index contributed by atoms with van der Waals surface area (Å²) in [7, 11) is 1.41. The van der Waals surface area contributed by atoms with Crippen LogP contribution >= 0.6 is 0 Å². The first kappa shape index (κ1) is 15.8. The van der Waals surface area contributed by atoms with E-state index in [-0.39, 0.29) is 17.9 Å². The van der Waals surface area contributed by atoms with Crippen molar-refractivity contribution < 1.29 is 19.1 Å². The van der Waals surface area contributed by atoms with Crippen molar-refractivity contribution in [1.29, 1.82) is 0 Å². The molecule has 0 radical (unpaired) electrons. The molecule has 0 saturated heterocycles. The Hall–Kier alpha value is -1.30. The summed E-state index contributed by atoms with van der Waals surface area (Å²) < 4.78 is 9.85. The van der Waals surface area contributed by atoms with E-state index in [1.54, 1.807) is 0 Å². The molecule has 6 heteroatoms. The Kier molecular flexibility index (Phi) is 5.60. The van der Waals surface area contributed by atoms with Gasteiger partial charge in [0.1, 0.15) is 5.60 Å². The molecule has 19 heavy (non-hydrogen) atoms. The molecule has 6 nitrogen and oxygen atoms in total. The van der Waals surface area contributed by atoms with E-state index in [1.807, 2.05) is 20.8 Å². The average Bonchev–Trinajstić information content (AvgIpc) is 2.34. The first-order valence-electron chi connectivity index (χ1n) is 6.64. The number of carbonyl (C=O) groups excluding carboxylic acids is 2. The van der Waals surface area contributed by atoms with E-state index in [1.165, 1.54) is 7.11 Å². The molecule has 0 aromatic rings. The Balaban J connectivity index is 2.23. The molecule has 2 N–H and O–H groups in total. The van der Waals surface area contributed by atoms with Crippen LogP contribution in [0.25, 0.3) is 0 Å². The van der Waals surface area contributed by atoms with Gasteiger partial charge in [-0.1, -0.05) is 0 Å². The van der Waals surface area contributed by atoms with E-state index in [2.05, 4.69) is 10.9 Å². The zero-order chi connectivity index (χ0) is 14.5. The molecule has 0 aromatic heterocycles. The van der Waals surface area contributed by atoms with Crippen LogP contribution in [0, 0.1) is 5.92 Å². The molecular weight excluding hydrogens is 248 g/mol. The van der Waals surface area contributed by atoms with E-state index in [0.29, 0.717) is 0 Å². The van der Waals surface area contributed by atoms with Gasteiger partial charge in [-0.2, -0.15) is 0 Å². The lowest BCUT2D eigenvalue weighted by atomic mass is 9.86. The van der Waals surface area contributed by atoms with Gasteiger partial charge in [0.05, 0.1) is 13.0 Å². The van der Waals surface area contributed by atoms with Crippen molar-refractivity contribution in [1.82, 2.24) is 10.9 Å². The fourth-order valence-corrected chi connectivity index (χ4v) is 2.10. The third-order valence-corrected chi connectivity index (χ3v) is 3.04. The number of hydrogen-bond acceptors (Lipinski definition) is 5. The lowest BCUT2D eigenvalue weighted by Crippen LogP contribution is -2.47. The molecule has 0 unspecified atom stereocenters. The van der Waals surface area contributed by atoms with Gasteiger partial charge in [0.15, 0.2) is 0 Å². The molecule has 0 bridgehead atoms. The monoisotopic (exact) mass is 272 g/mol. The largest absolute Gasteiger partial charge is 0.469 e. The normalized spacial score (nSPS) is 23.6. The van der Waals surface area contributed by atoms with Crippen molar-refractivity contribution >= 4 is 12.1 Å². The van der Waals surface area contributed by atoms with Gasteiger partial charge in [0, 0.05) is 6.04 Å². The molecule has 0 aliphatic heterocycles. The molecule has 0 spiro atoms. The number of nitrogens with one attached hydrogen (secondary N) is 2. The van der Waals surface area contributed by atoms with Crippen LogP contribution in [0.1, 0.15) is 46.5 Å². The molecule has 1 aliphatic rings. The minimum absolute atomic E-state index is 0.00965. The van der Waals surface area contributed by atoms with Crippen LogP contribution in [0.15, 0.2) is 0 Å². The number of ether oxygens (including phenoxy) is 2. The van der Waals surface area contributed by atoms with E-state index in [0.717, 1.165) is 25.7 Å². The maximum Gasteiger partial charge on any atom is 0.422 e. The lowest BCUT2D eigenvalue weighted by molar-refractivity contribution is -0.146. The molecule has 0 aromatic carbocycles. The number of esters is 1. The van der Waals surface area contributed by atoms with Gasteiger partial charge < -0.3 is 9.47 Å². The van der Waals surface area contributed by atoms with Gasteiger partial charge in [-0.25, -0.2) is 10.2 Å². The van der Waals surface area contributed by atoms with Crippen molar-refractivity contribution in [3.8, 4) is 0 Å². The highest BCUT2D eigenvalue weighted by atomic mass is 16.6. The van der Waals surface area contributed by atoms with Crippen molar-refractivity contribution in [2.45, 2.75) is 58.1 Å². The second-order valence-corrected chi connectivity index (χ2v) is 5.84. The number of amides is 1. The number of hydrogen-bond donors (Lipinski definition) is 2. The fourth-order valence-electron chi connectivity index (χ4n) is 2.10. The van der Waals surface area contributed by atoms with Crippen LogP contribution in [0.4, 0.5) is 4.79 Å². The molecule has 1 fully saturated rings. The molecule has 1 rings (SSSR count). The summed E-state index contributed by atoms with van der Waals surface area (Å²) >= 11 is 0. The second kappa shape index (κ2) is 6.75. The lowest BCUT2D eigenvalue weighted by Gasteiger charge is -2.28. The van der Waals surface area contributed by atoms with Gasteiger partial charge in [0.25, 0.3) is 0 Å². The number of methoxy groups -OCH3 is 1. The minimum Gasteiger partial charge on any atom is -0.469 e. The molecular formula is C13H24N2O4. The van der Waals surface area contributed by atoms with Crippen LogP contribution in [0.2, 0.25) is 0 Å². The van der Waals surface area contributed by atoms with Gasteiger partial charge >= 0.3 is 12.1 Å². The summed E-state index contributed by atoms with van der Waals surface area (Å²) in [6.45, 7) is 5.44. The molecule has 1 aliphatic carbocycles. The maximum atomic E-state index is 11.5. The summed E-state index contributed by atoms with van der Waals surface area (Å²) in [6, 6.07) is 0.174. The summed E-state index contributed by atoms with van der Waals surface area (Å²) in [4.78, 5) is 22.8. The number of carbonyl (C=O) groups is 2. The minimum atomic E-state index is -0.506. The second-order valence-electron chi connectivity index (χ2n) is 5.84. The topological polar surface area (TPSA) is 76.7 Å². The molecule has 1 saturated carbocycles. The smallest absolute Gasteiger partial charge is 0.422 e. The summed E-state index contributed by atoms with van der Waals surface area (Å²) in [6.07, 6.45) is 2.73. The number of hydrazine groups is 1. The third-order valence-electron chi connectivity index (χ3n) is 3.04. The first-order valence-corrected chi connectivity index (χ1v) is 6.64. The number of rotatable bonds is 3. The van der Waals surface area contributed by atoms with Crippen molar-refractivity contribution in [3.63, 3.8) is 0 Å². The predicted molar refractivity (Wildman–Crippen MR) is 70.3 cm³/mol. The van der Waals surface area contributed by atoms with Crippen LogP contribution in [0.3, 0.4) is 0 Å². The summed E-state index contributed by atoms with van der Waals surface area (Å²) in [5.41, 5.74) is 4.98.